The number of benzene rings is 6. The molecule has 0 aliphatic heterocycles. The molecule has 0 fully saturated rings. The molecule has 0 unspecified atom stereocenters. The van der Waals surface area contributed by atoms with Gasteiger partial charge in [-0.3, -0.25) is 0 Å². The van der Waals surface area contributed by atoms with Crippen molar-refractivity contribution in [3.05, 3.63) is 136 Å². The van der Waals surface area contributed by atoms with Crippen LogP contribution in [-0.2, 0) is 38.5 Å². The number of hydrogen-bond acceptors (Lipinski definition) is 12. The summed E-state index contributed by atoms with van der Waals surface area (Å²) >= 11 is 42.3. The van der Waals surface area contributed by atoms with E-state index in [4.69, 9.17) is 96.1 Å². The van der Waals surface area contributed by atoms with E-state index in [-0.39, 0.29) is 0 Å². The van der Waals surface area contributed by atoms with Gasteiger partial charge >= 0.3 is 0 Å². The van der Waals surface area contributed by atoms with Gasteiger partial charge in [0.15, 0.2) is 0 Å². The maximum Gasteiger partial charge on any atom is 0.242 e. The normalized spacial score (nSPS) is 14.0. The van der Waals surface area contributed by atoms with Gasteiger partial charge in [-0.2, -0.15) is 0 Å². The van der Waals surface area contributed by atoms with Crippen molar-refractivity contribution in [3.8, 4) is 0 Å². The van der Waals surface area contributed by atoms with Crippen molar-refractivity contribution in [2.24, 2.45) is 0 Å². The maximum atomic E-state index is 7.04. The minimum Gasteiger partial charge on any atom is -0.436 e. The van der Waals surface area contributed by atoms with Gasteiger partial charge in [0.25, 0.3) is 0 Å². The molecule has 0 radical (unpaired) electrons. The molecule has 3 aliphatic rings. The lowest BCUT2D eigenvalue weighted by atomic mass is 10.1. The summed E-state index contributed by atoms with van der Waals surface area (Å²) in [6.07, 6.45) is 6.76. The number of aryl methyl sites for hydroxylation is 6. The van der Waals surface area contributed by atoms with Crippen LogP contribution in [0.1, 0.15) is 52.6 Å². The van der Waals surface area contributed by atoms with Crippen LogP contribution in [0, 0.1) is 0 Å². The smallest absolute Gasteiger partial charge is 0.242 e. The third kappa shape index (κ3) is 7.09. The molecule has 6 aromatic carbocycles. The summed E-state index contributed by atoms with van der Waals surface area (Å²) in [5, 5.41) is 32.8. The van der Waals surface area contributed by atoms with Gasteiger partial charge in [-0.25, -0.2) is 0 Å². The summed E-state index contributed by atoms with van der Waals surface area (Å²) in [6.45, 7) is 0. The highest BCUT2D eigenvalue weighted by molar-refractivity contribution is 6.44. The van der Waals surface area contributed by atoms with Crippen LogP contribution in [-0.4, -0.2) is 30.6 Å². The molecule has 0 atom stereocenters. The average molecular weight is 1040 g/mol. The molecular weight excluding hydrogens is 1010 g/mol. The zero-order valence-corrected chi connectivity index (χ0v) is 40.2. The van der Waals surface area contributed by atoms with E-state index in [1.54, 1.807) is 36.4 Å². The summed E-state index contributed by atoms with van der Waals surface area (Å²) in [7, 11) is 0. The molecular formula is C51H30Cl6N6O6. The van der Waals surface area contributed by atoms with Crippen molar-refractivity contribution in [2.45, 2.75) is 57.8 Å². The molecule has 12 nitrogen and oxygen atoms in total. The first-order valence-corrected chi connectivity index (χ1v) is 24.4. The summed E-state index contributed by atoms with van der Waals surface area (Å²) in [5.41, 5.74) is 9.50. The lowest BCUT2D eigenvalue weighted by molar-refractivity contribution is 0.602. The average Bonchev–Trinajstić information content (AvgIpc) is 4.17. The second-order valence-corrected chi connectivity index (χ2v) is 19.3. The highest BCUT2D eigenvalue weighted by Crippen LogP contribution is 2.41. The van der Waals surface area contributed by atoms with E-state index in [1.807, 2.05) is 36.4 Å². The van der Waals surface area contributed by atoms with Crippen molar-refractivity contribution in [1.29, 1.82) is 0 Å². The van der Waals surface area contributed by atoms with E-state index in [0.29, 0.717) is 169 Å². The number of rotatable bonds is 0. The van der Waals surface area contributed by atoms with Gasteiger partial charge in [-0.1, -0.05) is 69.6 Å². The van der Waals surface area contributed by atoms with Crippen LogP contribution in [0.5, 0.6) is 0 Å². The van der Waals surface area contributed by atoms with Gasteiger partial charge in [0, 0.05) is 65.7 Å². The molecule has 69 heavy (non-hydrogen) atoms. The van der Waals surface area contributed by atoms with Crippen molar-refractivity contribution in [2.75, 3.05) is 0 Å². The topological polar surface area (TPSA) is 156 Å². The molecule has 18 heteroatoms. The molecule has 0 amide bonds. The predicted molar refractivity (Wildman–Crippen MR) is 270 cm³/mol. The maximum absolute atomic E-state index is 7.04. The zero-order valence-electron chi connectivity index (χ0n) is 35.7. The number of halogens is 6. The van der Waals surface area contributed by atoms with Gasteiger partial charge in [-0.05, 0) is 131 Å². The Balaban J connectivity index is 1.06. The summed E-state index contributed by atoms with van der Waals surface area (Å²) in [5.74, 6) is 0. The highest BCUT2D eigenvalue weighted by atomic mass is 35.5. The Labute approximate surface area is 418 Å². The molecule has 24 rings (SSSR count). The fourth-order valence-electron chi connectivity index (χ4n) is 9.75. The van der Waals surface area contributed by atoms with Crippen LogP contribution in [0.15, 0.2) is 99.3 Å². The van der Waals surface area contributed by atoms with Crippen LogP contribution < -0.4 is 0 Å². The van der Waals surface area contributed by atoms with Gasteiger partial charge in [0.1, 0.15) is 33.5 Å². The quantitative estimate of drug-likeness (QED) is 0.142. The van der Waals surface area contributed by atoms with E-state index in [2.05, 4.69) is 30.6 Å². The Bertz CT molecular complexity index is 3550. The van der Waals surface area contributed by atoms with Crippen molar-refractivity contribution in [3.63, 3.8) is 0 Å². The highest BCUT2D eigenvalue weighted by Gasteiger charge is 2.24. The van der Waals surface area contributed by atoms with Crippen LogP contribution in [0.3, 0.4) is 0 Å². The minimum atomic E-state index is 0.331. The molecule has 18 bridgehead atoms. The van der Waals surface area contributed by atoms with Crippen LogP contribution in [0.4, 0.5) is 0 Å². The Morgan fingerprint density at radius 2 is 0.406 bits per heavy atom. The Hall–Kier alpha value is -6.12. The Kier molecular flexibility index (Phi) is 10.4. The third-order valence-corrected chi connectivity index (χ3v) is 15.5. The first-order chi connectivity index (χ1) is 33.7. The SMILES string of the molecule is Clc1c2ccc3c(Cl)c(ccc13)oc1nnc(oc3ccc4c(Cl)c(ccc4c3Cl)oc3nnc(oc4ccc5c(Cl)c(ccc5c4Cl)oc4nnc(o2)c2c4CCC2)c2c3CCC2)c2c1CCC2. The minimum absolute atomic E-state index is 0.331. The van der Waals surface area contributed by atoms with E-state index >= 15 is 0 Å². The van der Waals surface area contributed by atoms with Crippen LogP contribution >= 0.6 is 69.6 Å². The largest absolute Gasteiger partial charge is 0.436 e. The van der Waals surface area contributed by atoms with E-state index in [0.717, 1.165) is 52.6 Å². The fourth-order valence-corrected chi connectivity index (χ4v) is 11.3. The summed E-state index contributed by atoms with van der Waals surface area (Å²) in [6, 6.07) is 21.4. The van der Waals surface area contributed by atoms with E-state index in [1.165, 1.54) is 0 Å². The number of hydrogen-bond donors (Lipinski definition) is 0. The van der Waals surface area contributed by atoms with Crippen LogP contribution in [0.25, 0.3) is 100 Å². The monoisotopic (exact) mass is 1030 g/mol. The molecule has 0 saturated carbocycles. The second-order valence-electron chi connectivity index (χ2n) is 17.0. The summed E-state index contributed by atoms with van der Waals surface area (Å²) in [4.78, 5) is 0. The molecule has 342 valence electrons. The number of nitrogens with zero attached hydrogens (tertiary/aromatic N) is 6. The van der Waals surface area contributed by atoms with Gasteiger partial charge in [0.2, 0.25) is 34.3 Å². The molecule has 0 saturated heterocycles. The number of aromatic nitrogens is 6. The third-order valence-electron chi connectivity index (χ3n) is 13.1. The molecule has 21 aromatic rings. The van der Waals surface area contributed by atoms with Gasteiger partial charge < -0.3 is 26.5 Å². The second kappa shape index (κ2) is 16.8. The Morgan fingerprint density at radius 1 is 0.246 bits per heavy atom. The first kappa shape index (κ1) is 42.9. The standard InChI is InChI=1S/C51H30Cl6N6O6/c52-40-22-12-18-36-42(54)24(22)10-16-34(40)64-46-28-4-1-5-29(28)47(59-58-46)65-35-17-11-25-23(41(35)53)13-19-37(43(25)55)67-49-31-7-3-9-33(31)51(63-61-49)69-39-21-15-26-27(45(39)57)14-20-38(44(26)56)68-50-32-8-2-6-30(32)48(66-36)60-62-50/h10-21H,1-9H2. The lowest BCUT2D eigenvalue weighted by Crippen LogP contribution is -1.93. The van der Waals surface area contributed by atoms with Gasteiger partial charge in [-0.15, -0.1) is 30.6 Å². The zero-order chi connectivity index (χ0) is 46.7. The predicted octanol–water partition coefficient (Wildman–Crippen LogP) is 16.4. The lowest BCUT2D eigenvalue weighted by Gasteiger charge is -2.07. The van der Waals surface area contributed by atoms with E-state index in [9.17, 15) is 0 Å². The van der Waals surface area contributed by atoms with Gasteiger partial charge in [0.05, 0.1) is 30.1 Å². The molecule has 15 heterocycles. The molecule has 3 aliphatic carbocycles. The van der Waals surface area contributed by atoms with Crippen molar-refractivity contribution in [1.82, 2.24) is 30.6 Å². The Morgan fingerprint density at radius 3 is 0.565 bits per heavy atom. The van der Waals surface area contributed by atoms with Crippen molar-refractivity contribution < 1.29 is 26.5 Å². The van der Waals surface area contributed by atoms with E-state index < -0.39 is 0 Å². The molecule has 0 spiro atoms. The molecule has 0 N–H and O–H groups in total. The van der Waals surface area contributed by atoms with Crippen LogP contribution in [0.2, 0.25) is 30.1 Å². The molecule has 15 aromatic heterocycles. The van der Waals surface area contributed by atoms with Crippen molar-refractivity contribution >= 4 is 170 Å². The fraction of sp³-hybridized carbons (Fsp3) is 0.176. The first-order valence-electron chi connectivity index (χ1n) is 22.1. The summed E-state index contributed by atoms with van der Waals surface area (Å²) < 4.78 is 38.4.